The fourth-order valence-electron chi connectivity index (χ4n) is 3.08. The zero-order valence-corrected chi connectivity index (χ0v) is 8.91. The highest BCUT2D eigenvalue weighted by molar-refractivity contribution is 4.92. The highest BCUT2D eigenvalue weighted by Crippen LogP contribution is 2.39. The molecule has 0 aromatic rings. The van der Waals surface area contributed by atoms with Gasteiger partial charge in [-0.15, -0.1) is 0 Å². The van der Waals surface area contributed by atoms with Gasteiger partial charge < -0.3 is 0 Å². The van der Waals surface area contributed by atoms with Gasteiger partial charge in [0.05, 0.1) is 6.07 Å². The van der Waals surface area contributed by atoms with Crippen LogP contribution in [0.3, 0.4) is 0 Å². The lowest BCUT2D eigenvalue weighted by molar-refractivity contribution is 0.219. The van der Waals surface area contributed by atoms with Crippen molar-refractivity contribution in [1.29, 1.82) is 5.26 Å². The van der Waals surface area contributed by atoms with E-state index in [1.54, 1.807) is 0 Å². The molecule has 0 spiro atoms. The van der Waals surface area contributed by atoms with Gasteiger partial charge in [0.25, 0.3) is 0 Å². The van der Waals surface area contributed by atoms with Gasteiger partial charge in [-0.3, -0.25) is 0 Å². The van der Waals surface area contributed by atoms with E-state index in [0.717, 1.165) is 24.7 Å². The first kappa shape index (κ1) is 10.0. The topological polar surface area (TPSA) is 23.8 Å². The van der Waals surface area contributed by atoms with Crippen molar-refractivity contribution in [2.45, 2.75) is 51.4 Å². The zero-order valence-electron chi connectivity index (χ0n) is 8.91. The number of nitriles is 1. The van der Waals surface area contributed by atoms with Crippen LogP contribution in [0.5, 0.6) is 0 Å². The average Bonchev–Trinajstić information content (AvgIpc) is 2.30. The Bertz CT molecular complexity index is 202. The third-order valence-electron chi connectivity index (χ3n) is 4.02. The monoisotopic (exact) mass is 190 g/mol. The first-order valence-corrected chi connectivity index (χ1v) is 6.13. The van der Waals surface area contributed by atoms with Crippen LogP contribution in [0.25, 0.3) is 0 Å². The molecule has 1 heteroatoms. The Kier molecular flexibility index (Phi) is 3.45. The second kappa shape index (κ2) is 4.82. The summed E-state index contributed by atoms with van der Waals surface area (Å²) in [5.41, 5.74) is 0. The Labute approximate surface area is 87.5 Å². The van der Waals surface area contributed by atoms with Crippen molar-refractivity contribution < 1.29 is 0 Å². The lowest BCUT2D eigenvalue weighted by atomic mass is 9.71. The SMILES string of the molecule is N#CC1CCC(C2[CH]CCCC2)CC1. The number of hydrogen-bond acceptors (Lipinski definition) is 1. The van der Waals surface area contributed by atoms with Gasteiger partial charge in [-0.1, -0.05) is 12.8 Å². The van der Waals surface area contributed by atoms with E-state index in [1.807, 2.05) is 0 Å². The van der Waals surface area contributed by atoms with E-state index in [1.165, 1.54) is 38.5 Å². The van der Waals surface area contributed by atoms with Gasteiger partial charge >= 0.3 is 0 Å². The summed E-state index contributed by atoms with van der Waals surface area (Å²) in [6.07, 6.45) is 13.1. The summed E-state index contributed by atoms with van der Waals surface area (Å²) in [4.78, 5) is 0. The van der Waals surface area contributed by atoms with Crippen LogP contribution >= 0.6 is 0 Å². The largest absolute Gasteiger partial charge is 0.198 e. The molecule has 2 saturated carbocycles. The number of rotatable bonds is 1. The lowest BCUT2D eigenvalue weighted by Crippen LogP contribution is -2.23. The molecule has 1 unspecified atom stereocenters. The van der Waals surface area contributed by atoms with E-state index in [4.69, 9.17) is 5.26 Å². The molecule has 2 rings (SSSR count). The molecule has 2 aliphatic rings. The van der Waals surface area contributed by atoms with Gasteiger partial charge in [-0.25, -0.2) is 0 Å². The van der Waals surface area contributed by atoms with Crippen LogP contribution in [-0.4, -0.2) is 0 Å². The van der Waals surface area contributed by atoms with Crippen LogP contribution in [0.4, 0.5) is 0 Å². The minimum absolute atomic E-state index is 0.370. The fourth-order valence-corrected chi connectivity index (χ4v) is 3.08. The minimum Gasteiger partial charge on any atom is -0.198 e. The first-order chi connectivity index (χ1) is 6.90. The molecular weight excluding hydrogens is 170 g/mol. The maximum atomic E-state index is 8.83. The summed E-state index contributed by atoms with van der Waals surface area (Å²) in [7, 11) is 0. The predicted molar refractivity (Wildman–Crippen MR) is 57.3 cm³/mol. The molecule has 1 atom stereocenters. The molecule has 2 aliphatic carbocycles. The fraction of sp³-hybridized carbons (Fsp3) is 0.846. The molecule has 14 heavy (non-hydrogen) atoms. The van der Waals surface area contributed by atoms with Gasteiger partial charge in [-0.05, 0) is 56.8 Å². The van der Waals surface area contributed by atoms with E-state index in [-0.39, 0.29) is 0 Å². The number of hydrogen-bond donors (Lipinski definition) is 0. The third-order valence-corrected chi connectivity index (χ3v) is 4.02. The molecule has 0 heterocycles. The van der Waals surface area contributed by atoms with Crippen LogP contribution in [0.2, 0.25) is 0 Å². The Balaban J connectivity index is 1.79. The molecule has 0 aromatic carbocycles. The molecular formula is C13H20N. The number of nitrogens with zero attached hydrogens (tertiary/aromatic N) is 1. The van der Waals surface area contributed by atoms with Gasteiger partial charge in [0, 0.05) is 5.92 Å². The third kappa shape index (κ3) is 2.29. The Morgan fingerprint density at radius 3 is 2.36 bits per heavy atom. The van der Waals surface area contributed by atoms with Crippen molar-refractivity contribution in [3.05, 3.63) is 6.42 Å². The van der Waals surface area contributed by atoms with E-state index in [0.29, 0.717) is 5.92 Å². The highest BCUT2D eigenvalue weighted by atomic mass is 14.4. The second-order valence-electron chi connectivity index (χ2n) is 4.92. The lowest BCUT2D eigenvalue weighted by Gasteiger charge is -2.34. The maximum Gasteiger partial charge on any atom is 0.0655 e. The summed E-state index contributed by atoms with van der Waals surface area (Å²) < 4.78 is 0. The van der Waals surface area contributed by atoms with Crippen molar-refractivity contribution in [2.24, 2.45) is 17.8 Å². The molecule has 0 aliphatic heterocycles. The van der Waals surface area contributed by atoms with Gasteiger partial charge in [0.15, 0.2) is 0 Å². The molecule has 77 valence electrons. The van der Waals surface area contributed by atoms with Crippen molar-refractivity contribution in [3.63, 3.8) is 0 Å². The summed E-state index contributed by atoms with van der Waals surface area (Å²) in [5.74, 6) is 2.18. The summed E-state index contributed by atoms with van der Waals surface area (Å²) >= 11 is 0. The van der Waals surface area contributed by atoms with Crippen molar-refractivity contribution in [3.8, 4) is 6.07 Å². The van der Waals surface area contributed by atoms with Crippen LogP contribution in [0.15, 0.2) is 0 Å². The molecule has 0 aromatic heterocycles. The molecule has 0 amide bonds. The minimum atomic E-state index is 0.370. The second-order valence-corrected chi connectivity index (χ2v) is 4.92. The van der Waals surface area contributed by atoms with E-state index < -0.39 is 0 Å². The summed E-state index contributed by atoms with van der Waals surface area (Å²) in [6, 6.07) is 2.42. The standard InChI is InChI=1S/C13H20N/c14-10-11-6-8-13(9-7-11)12-4-2-1-3-5-12/h4,11-13H,1-3,5-9H2. The van der Waals surface area contributed by atoms with Gasteiger partial charge in [0.2, 0.25) is 0 Å². The van der Waals surface area contributed by atoms with E-state index in [2.05, 4.69) is 12.5 Å². The predicted octanol–water partition coefficient (Wildman–Crippen LogP) is 3.71. The summed E-state index contributed by atoms with van der Waals surface area (Å²) in [5, 5.41) is 8.83. The average molecular weight is 190 g/mol. The normalized spacial score (nSPS) is 35.1. The first-order valence-electron chi connectivity index (χ1n) is 6.13. The Morgan fingerprint density at radius 1 is 1.00 bits per heavy atom. The maximum absolute atomic E-state index is 8.83. The smallest absolute Gasteiger partial charge is 0.0655 e. The molecule has 1 radical (unpaired) electrons. The van der Waals surface area contributed by atoms with Crippen molar-refractivity contribution in [1.82, 2.24) is 0 Å². The van der Waals surface area contributed by atoms with E-state index >= 15 is 0 Å². The molecule has 0 N–H and O–H groups in total. The molecule has 0 bridgehead atoms. The Morgan fingerprint density at radius 2 is 1.79 bits per heavy atom. The van der Waals surface area contributed by atoms with Gasteiger partial charge in [-0.2, -0.15) is 5.26 Å². The van der Waals surface area contributed by atoms with Crippen LogP contribution in [0.1, 0.15) is 51.4 Å². The van der Waals surface area contributed by atoms with Crippen LogP contribution < -0.4 is 0 Å². The van der Waals surface area contributed by atoms with Crippen LogP contribution in [0, 0.1) is 35.5 Å². The molecule has 1 nitrogen and oxygen atoms in total. The highest BCUT2D eigenvalue weighted by Gasteiger charge is 2.28. The van der Waals surface area contributed by atoms with E-state index in [9.17, 15) is 0 Å². The summed E-state index contributed by atoms with van der Waals surface area (Å²) in [6.45, 7) is 0. The Hall–Kier alpha value is -0.510. The molecule has 2 fully saturated rings. The van der Waals surface area contributed by atoms with Crippen molar-refractivity contribution >= 4 is 0 Å². The van der Waals surface area contributed by atoms with Crippen LogP contribution in [-0.2, 0) is 0 Å². The van der Waals surface area contributed by atoms with Gasteiger partial charge in [0.1, 0.15) is 0 Å². The van der Waals surface area contributed by atoms with Crippen molar-refractivity contribution in [2.75, 3.05) is 0 Å². The quantitative estimate of drug-likeness (QED) is 0.618. The molecule has 0 saturated heterocycles. The zero-order chi connectivity index (χ0) is 9.80.